The Bertz CT molecular complexity index is 607. The van der Waals surface area contributed by atoms with Gasteiger partial charge in [-0.05, 0) is 39.1 Å². The van der Waals surface area contributed by atoms with E-state index >= 15 is 0 Å². The van der Waals surface area contributed by atoms with Gasteiger partial charge in [0.05, 0.1) is 16.9 Å². The SMILES string of the molecule is CN(C)C1CCN(c2cc3c(cc2F)C(=O)C(=O)N3)CC1. The number of Topliss-reactive ketones (excluding diaryl/α,β-unsaturated/α-hetero) is 1. The van der Waals surface area contributed by atoms with Crippen LogP contribution in [0.15, 0.2) is 12.1 Å². The number of fused-ring (bicyclic) bond motifs is 1. The van der Waals surface area contributed by atoms with Crippen LogP contribution in [0.1, 0.15) is 23.2 Å². The van der Waals surface area contributed by atoms with Gasteiger partial charge in [0, 0.05) is 19.1 Å². The second kappa shape index (κ2) is 5.11. The van der Waals surface area contributed by atoms with Crippen LogP contribution in [0.4, 0.5) is 15.8 Å². The van der Waals surface area contributed by atoms with E-state index in [9.17, 15) is 14.0 Å². The zero-order valence-electron chi connectivity index (χ0n) is 12.1. The van der Waals surface area contributed by atoms with E-state index in [2.05, 4.69) is 24.3 Å². The molecule has 0 bridgehead atoms. The fraction of sp³-hybridized carbons (Fsp3) is 0.467. The molecular weight excluding hydrogens is 273 g/mol. The lowest BCUT2D eigenvalue weighted by Crippen LogP contribution is -2.42. The molecule has 2 heterocycles. The second-order valence-corrected chi connectivity index (χ2v) is 5.81. The van der Waals surface area contributed by atoms with Crippen molar-refractivity contribution in [2.45, 2.75) is 18.9 Å². The lowest BCUT2D eigenvalue weighted by Gasteiger charge is -2.36. The third-order valence-electron chi connectivity index (χ3n) is 4.32. The minimum Gasteiger partial charge on any atom is -0.369 e. The van der Waals surface area contributed by atoms with Crippen molar-refractivity contribution in [2.24, 2.45) is 0 Å². The number of anilines is 2. The molecule has 1 amide bonds. The minimum absolute atomic E-state index is 0.129. The third kappa shape index (κ3) is 2.40. The number of amides is 1. The van der Waals surface area contributed by atoms with E-state index in [1.807, 2.05) is 4.90 Å². The largest absolute Gasteiger partial charge is 0.369 e. The van der Waals surface area contributed by atoms with E-state index in [0.717, 1.165) is 25.9 Å². The molecule has 0 atom stereocenters. The predicted molar refractivity (Wildman–Crippen MR) is 78.3 cm³/mol. The van der Waals surface area contributed by atoms with Crippen LogP contribution in [0.3, 0.4) is 0 Å². The monoisotopic (exact) mass is 291 g/mol. The summed E-state index contributed by atoms with van der Waals surface area (Å²) in [5.74, 6) is -1.79. The number of hydrogen-bond donors (Lipinski definition) is 1. The van der Waals surface area contributed by atoms with Crippen molar-refractivity contribution in [3.8, 4) is 0 Å². The molecule has 5 nitrogen and oxygen atoms in total. The fourth-order valence-electron chi connectivity index (χ4n) is 3.02. The first-order chi connectivity index (χ1) is 9.97. The first-order valence-electron chi connectivity index (χ1n) is 7.08. The van der Waals surface area contributed by atoms with Crippen LogP contribution in [0.5, 0.6) is 0 Å². The van der Waals surface area contributed by atoms with Crippen LogP contribution >= 0.6 is 0 Å². The fourth-order valence-corrected chi connectivity index (χ4v) is 3.02. The number of ketones is 1. The number of halogens is 1. The molecule has 0 aromatic heterocycles. The lowest BCUT2D eigenvalue weighted by atomic mass is 10.0. The molecule has 0 saturated carbocycles. The van der Waals surface area contributed by atoms with Crippen molar-refractivity contribution in [1.29, 1.82) is 0 Å². The number of carbonyl (C=O) groups is 2. The van der Waals surface area contributed by atoms with Gasteiger partial charge >= 0.3 is 0 Å². The summed E-state index contributed by atoms with van der Waals surface area (Å²) in [5, 5.41) is 2.49. The maximum Gasteiger partial charge on any atom is 0.296 e. The number of nitrogens with zero attached hydrogens (tertiary/aromatic N) is 2. The highest BCUT2D eigenvalue weighted by Crippen LogP contribution is 2.32. The van der Waals surface area contributed by atoms with Crippen LogP contribution in [0, 0.1) is 5.82 Å². The molecule has 1 N–H and O–H groups in total. The van der Waals surface area contributed by atoms with E-state index in [4.69, 9.17) is 0 Å². The maximum atomic E-state index is 14.2. The van der Waals surface area contributed by atoms with Gasteiger partial charge in [0.2, 0.25) is 0 Å². The molecule has 0 unspecified atom stereocenters. The Labute approximate surface area is 122 Å². The summed E-state index contributed by atoms with van der Waals surface area (Å²) in [6, 6.07) is 3.26. The summed E-state index contributed by atoms with van der Waals surface area (Å²) in [4.78, 5) is 27.1. The molecule has 6 heteroatoms. The molecule has 1 fully saturated rings. The quantitative estimate of drug-likeness (QED) is 0.839. The first kappa shape index (κ1) is 14.0. The summed E-state index contributed by atoms with van der Waals surface area (Å²) < 4.78 is 14.2. The molecule has 2 aliphatic rings. The van der Waals surface area contributed by atoms with Gasteiger partial charge in [-0.2, -0.15) is 0 Å². The summed E-state index contributed by atoms with van der Waals surface area (Å²) in [7, 11) is 4.11. The molecule has 0 aliphatic carbocycles. The summed E-state index contributed by atoms with van der Waals surface area (Å²) >= 11 is 0. The summed E-state index contributed by atoms with van der Waals surface area (Å²) in [6.07, 6.45) is 1.93. The molecule has 112 valence electrons. The average Bonchev–Trinajstić information content (AvgIpc) is 2.73. The number of hydrogen-bond acceptors (Lipinski definition) is 4. The number of benzene rings is 1. The second-order valence-electron chi connectivity index (χ2n) is 5.81. The van der Waals surface area contributed by atoms with Crippen LogP contribution in [0.25, 0.3) is 0 Å². The number of nitrogens with one attached hydrogen (secondary N) is 1. The predicted octanol–water partition coefficient (Wildman–Crippen LogP) is 1.49. The smallest absolute Gasteiger partial charge is 0.296 e. The van der Waals surface area contributed by atoms with Crippen molar-refractivity contribution in [3.63, 3.8) is 0 Å². The Hall–Kier alpha value is -1.95. The van der Waals surface area contributed by atoms with E-state index < -0.39 is 17.5 Å². The molecule has 0 radical (unpaired) electrons. The Kier molecular flexibility index (Phi) is 3.41. The van der Waals surface area contributed by atoms with Crippen LogP contribution in [0.2, 0.25) is 0 Å². The standard InChI is InChI=1S/C15H18FN3O2/c1-18(2)9-3-5-19(6-4-9)13-8-12-10(7-11(13)16)14(20)15(21)17-12/h7-9H,3-6H2,1-2H3,(H,17,20,21). The number of piperidine rings is 1. The molecule has 1 saturated heterocycles. The summed E-state index contributed by atoms with van der Waals surface area (Å²) in [6.45, 7) is 1.53. The number of carbonyl (C=O) groups excluding carboxylic acids is 2. The molecule has 2 aliphatic heterocycles. The topological polar surface area (TPSA) is 52.7 Å². The van der Waals surface area contributed by atoms with Crippen molar-refractivity contribution in [1.82, 2.24) is 4.90 Å². The van der Waals surface area contributed by atoms with Gasteiger partial charge in [-0.1, -0.05) is 0 Å². The van der Waals surface area contributed by atoms with E-state index in [-0.39, 0.29) is 5.56 Å². The highest BCUT2D eigenvalue weighted by Gasteiger charge is 2.31. The molecular formula is C15H18FN3O2. The Morgan fingerprint density at radius 1 is 1.24 bits per heavy atom. The van der Waals surface area contributed by atoms with Crippen molar-refractivity contribution < 1.29 is 14.0 Å². The molecule has 21 heavy (non-hydrogen) atoms. The van der Waals surface area contributed by atoms with Gasteiger partial charge in [-0.25, -0.2) is 4.39 Å². The normalized spacial score (nSPS) is 19.1. The van der Waals surface area contributed by atoms with Crippen LogP contribution in [-0.2, 0) is 4.79 Å². The zero-order chi connectivity index (χ0) is 15.1. The van der Waals surface area contributed by atoms with E-state index in [1.165, 1.54) is 6.07 Å². The van der Waals surface area contributed by atoms with Gasteiger partial charge in [-0.15, -0.1) is 0 Å². The lowest BCUT2D eigenvalue weighted by molar-refractivity contribution is -0.112. The Morgan fingerprint density at radius 3 is 2.52 bits per heavy atom. The van der Waals surface area contributed by atoms with E-state index in [1.54, 1.807) is 6.07 Å². The van der Waals surface area contributed by atoms with E-state index in [0.29, 0.717) is 17.4 Å². The highest BCUT2D eigenvalue weighted by atomic mass is 19.1. The Balaban J connectivity index is 1.83. The first-order valence-corrected chi connectivity index (χ1v) is 7.08. The minimum atomic E-state index is -0.687. The van der Waals surface area contributed by atoms with Gasteiger partial charge < -0.3 is 15.1 Å². The van der Waals surface area contributed by atoms with Crippen LogP contribution < -0.4 is 10.2 Å². The third-order valence-corrected chi connectivity index (χ3v) is 4.32. The average molecular weight is 291 g/mol. The molecule has 3 rings (SSSR count). The molecule has 0 spiro atoms. The number of rotatable bonds is 2. The van der Waals surface area contributed by atoms with Crippen molar-refractivity contribution in [3.05, 3.63) is 23.5 Å². The summed E-state index contributed by atoms with van der Waals surface area (Å²) in [5.41, 5.74) is 1.00. The van der Waals surface area contributed by atoms with Gasteiger partial charge in [0.15, 0.2) is 0 Å². The zero-order valence-corrected chi connectivity index (χ0v) is 12.1. The van der Waals surface area contributed by atoms with Crippen molar-refractivity contribution >= 4 is 23.1 Å². The Morgan fingerprint density at radius 2 is 1.90 bits per heavy atom. The van der Waals surface area contributed by atoms with Gasteiger partial charge in [0.1, 0.15) is 5.82 Å². The van der Waals surface area contributed by atoms with Crippen LogP contribution in [-0.4, -0.2) is 49.8 Å². The van der Waals surface area contributed by atoms with Gasteiger partial charge in [-0.3, -0.25) is 9.59 Å². The molecule has 1 aromatic rings. The van der Waals surface area contributed by atoms with Crippen molar-refractivity contribution in [2.75, 3.05) is 37.4 Å². The molecule has 1 aromatic carbocycles. The highest BCUT2D eigenvalue weighted by molar-refractivity contribution is 6.51. The maximum absolute atomic E-state index is 14.2. The van der Waals surface area contributed by atoms with Gasteiger partial charge in [0.25, 0.3) is 11.7 Å².